The minimum Gasteiger partial charge on any atom is -0.383 e. The van der Waals surface area contributed by atoms with Gasteiger partial charge in [0.15, 0.2) is 0 Å². The molecule has 0 spiro atoms. The van der Waals surface area contributed by atoms with Gasteiger partial charge in [0.1, 0.15) is 0 Å². The Morgan fingerprint density at radius 1 is 1.55 bits per heavy atom. The number of likely N-dealkylation sites (N-methyl/N-ethyl adjacent to an activating group) is 1. The van der Waals surface area contributed by atoms with Crippen LogP contribution >= 0.6 is 11.3 Å². The Labute approximate surface area is 125 Å². The summed E-state index contributed by atoms with van der Waals surface area (Å²) in [5.41, 5.74) is 0. The van der Waals surface area contributed by atoms with Crippen molar-refractivity contribution in [1.29, 1.82) is 0 Å². The predicted octanol–water partition coefficient (Wildman–Crippen LogP) is 1.66. The van der Waals surface area contributed by atoms with Gasteiger partial charge in [0.2, 0.25) is 10.0 Å². The predicted molar refractivity (Wildman–Crippen MR) is 80.5 cm³/mol. The summed E-state index contributed by atoms with van der Waals surface area (Å²) in [7, 11) is -0.258. The van der Waals surface area contributed by atoms with E-state index < -0.39 is 10.0 Å². The molecule has 0 amide bonds. The third-order valence-corrected chi connectivity index (χ3v) is 6.51. The van der Waals surface area contributed by atoms with Crippen LogP contribution in [0.1, 0.15) is 24.6 Å². The smallest absolute Gasteiger partial charge is 0.243 e. The van der Waals surface area contributed by atoms with Crippen LogP contribution in [0.3, 0.4) is 0 Å². The number of thiophene rings is 1. The van der Waals surface area contributed by atoms with Gasteiger partial charge in [-0.1, -0.05) is 0 Å². The highest BCUT2D eigenvalue weighted by molar-refractivity contribution is 7.89. The molecule has 20 heavy (non-hydrogen) atoms. The van der Waals surface area contributed by atoms with E-state index in [0.29, 0.717) is 17.5 Å². The molecule has 0 saturated heterocycles. The van der Waals surface area contributed by atoms with Gasteiger partial charge in [-0.3, -0.25) is 0 Å². The molecule has 1 atom stereocenters. The minimum atomic E-state index is -3.43. The quantitative estimate of drug-likeness (QED) is 0.792. The van der Waals surface area contributed by atoms with Crippen molar-refractivity contribution in [1.82, 2.24) is 9.62 Å². The molecule has 1 heterocycles. The number of rotatable bonds is 8. The molecule has 5 nitrogen and oxygen atoms in total. The zero-order valence-electron chi connectivity index (χ0n) is 12.1. The van der Waals surface area contributed by atoms with Crippen LogP contribution in [0.15, 0.2) is 16.3 Å². The Bertz CT molecular complexity index is 538. The first-order chi connectivity index (χ1) is 9.45. The summed E-state index contributed by atoms with van der Waals surface area (Å²) in [6.45, 7) is 2.97. The molecule has 114 valence electrons. The Morgan fingerprint density at radius 2 is 2.25 bits per heavy atom. The van der Waals surface area contributed by atoms with Crippen LogP contribution in [0.4, 0.5) is 0 Å². The molecule has 0 aliphatic heterocycles. The van der Waals surface area contributed by atoms with Gasteiger partial charge < -0.3 is 10.1 Å². The molecular formula is C13H22N2O3S2. The van der Waals surface area contributed by atoms with E-state index >= 15 is 0 Å². The largest absolute Gasteiger partial charge is 0.383 e. The summed E-state index contributed by atoms with van der Waals surface area (Å²) in [5.74, 6) is 0. The molecule has 2 rings (SSSR count). The molecular weight excluding hydrogens is 296 g/mol. The van der Waals surface area contributed by atoms with Crippen LogP contribution in [-0.2, 0) is 21.3 Å². The van der Waals surface area contributed by atoms with Crippen LogP contribution in [0.5, 0.6) is 0 Å². The second-order valence-corrected chi connectivity index (χ2v) is 8.22. The highest BCUT2D eigenvalue weighted by atomic mass is 32.2. The topological polar surface area (TPSA) is 58.6 Å². The first-order valence-electron chi connectivity index (χ1n) is 6.73. The van der Waals surface area contributed by atoms with Crippen molar-refractivity contribution in [2.75, 3.05) is 20.8 Å². The van der Waals surface area contributed by atoms with Gasteiger partial charge in [-0.15, -0.1) is 11.3 Å². The Morgan fingerprint density at radius 3 is 2.85 bits per heavy atom. The lowest BCUT2D eigenvalue weighted by atomic mass is 10.4. The molecule has 1 aliphatic rings. The molecule has 1 unspecified atom stereocenters. The van der Waals surface area contributed by atoms with Gasteiger partial charge in [0, 0.05) is 43.0 Å². The van der Waals surface area contributed by atoms with Gasteiger partial charge in [-0.25, -0.2) is 8.42 Å². The third kappa shape index (κ3) is 3.79. The highest BCUT2D eigenvalue weighted by Crippen LogP contribution is 2.25. The molecule has 1 aromatic heterocycles. The number of ether oxygens (including phenoxy) is 1. The van der Waals surface area contributed by atoms with Crippen molar-refractivity contribution >= 4 is 21.4 Å². The van der Waals surface area contributed by atoms with Crippen molar-refractivity contribution in [3.8, 4) is 0 Å². The van der Waals surface area contributed by atoms with Crippen molar-refractivity contribution in [3.63, 3.8) is 0 Å². The maximum atomic E-state index is 12.5. The van der Waals surface area contributed by atoms with Crippen molar-refractivity contribution in [2.45, 2.75) is 43.3 Å². The van der Waals surface area contributed by atoms with E-state index in [1.807, 2.05) is 6.92 Å². The van der Waals surface area contributed by atoms with E-state index in [4.69, 9.17) is 4.74 Å². The maximum Gasteiger partial charge on any atom is 0.243 e. The maximum absolute atomic E-state index is 12.5. The van der Waals surface area contributed by atoms with E-state index in [2.05, 4.69) is 5.32 Å². The molecule has 1 saturated carbocycles. The van der Waals surface area contributed by atoms with Crippen LogP contribution in [-0.4, -0.2) is 45.6 Å². The lowest BCUT2D eigenvalue weighted by Gasteiger charge is -2.23. The first kappa shape index (κ1) is 15.9. The SMILES string of the molecule is COCC(C)N(C)S(=O)(=O)c1csc(CNC2CC2)c1. The van der Waals surface area contributed by atoms with E-state index in [1.54, 1.807) is 25.6 Å². The summed E-state index contributed by atoms with van der Waals surface area (Å²) < 4.78 is 31.3. The Balaban J connectivity index is 2.04. The van der Waals surface area contributed by atoms with E-state index in [1.165, 1.54) is 28.5 Å². The third-order valence-electron chi connectivity index (χ3n) is 3.48. The number of hydrogen-bond donors (Lipinski definition) is 1. The average molecular weight is 318 g/mol. The average Bonchev–Trinajstić information content (AvgIpc) is 3.11. The minimum absolute atomic E-state index is 0.182. The van der Waals surface area contributed by atoms with E-state index in [9.17, 15) is 8.42 Å². The number of nitrogens with one attached hydrogen (secondary N) is 1. The molecule has 1 aliphatic carbocycles. The van der Waals surface area contributed by atoms with Crippen LogP contribution in [0.2, 0.25) is 0 Å². The van der Waals surface area contributed by atoms with E-state index in [0.717, 1.165) is 11.4 Å². The zero-order valence-corrected chi connectivity index (χ0v) is 13.8. The number of nitrogens with zero attached hydrogens (tertiary/aromatic N) is 1. The molecule has 1 fully saturated rings. The summed E-state index contributed by atoms with van der Waals surface area (Å²) in [6, 6.07) is 2.21. The summed E-state index contributed by atoms with van der Waals surface area (Å²) in [6.07, 6.45) is 2.46. The van der Waals surface area contributed by atoms with Crippen molar-refractivity contribution < 1.29 is 13.2 Å². The zero-order chi connectivity index (χ0) is 14.8. The fraction of sp³-hybridized carbons (Fsp3) is 0.692. The highest BCUT2D eigenvalue weighted by Gasteiger charge is 2.27. The molecule has 1 aromatic rings. The second kappa shape index (κ2) is 6.53. The lowest BCUT2D eigenvalue weighted by Crippen LogP contribution is -2.37. The molecule has 0 bridgehead atoms. The number of methoxy groups -OCH3 is 1. The van der Waals surface area contributed by atoms with Gasteiger partial charge in [0.25, 0.3) is 0 Å². The van der Waals surface area contributed by atoms with Crippen LogP contribution in [0, 0.1) is 0 Å². The van der Waals surface area contributed by atoms with Crippen molar-refractivity contribution in [2.24, 2.45) is 0 Å². The lowest BCUT2D eigenvalue weighted by molar-refractivity contribution is 0.149. The van der Waals surface area contributed by atoms with Crippen LogP contribution in [0.25, 0.3) is 0 Å². The summed E-state index contributed by atoms with van der Waals surface area (Å²) in [4.78, 5) is 1.43. The van der Waals surface area contributed by atoms with Gasteiger partial charge in [-0.2, -0.15) is 4.31 Å². The first-order valence-corrected chi connectivity index (χ1v) is 9.05. The fourth-order valence-electron chi connectivity index (χ4n) is 1.87. The normalized spacial score (nSPS) is 17.6. The summed E-state index contributed by atoms with van der Waals surface area (Å²) in [5, 5.41) is 5.11. The monoisotopic (exact) mass is 318 g/mol. The second-order valence-electron chi connectivity index (χ2n) is 5.23. The molecule has 1 N–H and O–H groups in total. The standard InChI is InChI=1S/C13H22N2O3S2/c1-10(8-18-3)15(2)20(16,17)13-6-12(19-9-13)7-14-11-4-5-11/h6,9-11,14H,4-5,7-8H2,1-3H3. The van der Waals surface area contributed by atoms with Crippen LogP contribution < -0.4 is 5.32 Å². The molecule has 0 radical (unpaired) electrons. The molecule has 7 heteroatoms. The van der Waals surface area contributed by atoms with Crippen molar-refractivity contribution in [3.05, 3.63) is 16.3 Å². The number of hydrogen-bond acceptors (Lipinski definition) is 5. The summed E-state index contributed by atoms with van der Waals surface area (Å²) >= 11 is 1.49. The molecule has 0 aromatic carbocycles. The fourth-order valence-corrected chi connectivity index (χ4v) is 4.43. The Kier molecular flexibility index (Phi) is 5.19. The van der Waals surface area contributed by atoms with Gasteiger partial charge in [0.05, 0.1) is 11.5 Å². The van der Waals surface area contributed by atoms with Gasteiger partial charge >= 0.3 is 0 Å². The Hall–Kier alpha value is -0.470. The van der Waals surface area contributed by atoms with Gasteiger partial charge in [-0.05, 0) is 25.8 Å². The van der Waals surface area contributed by atoms with E-state index in [-0.39, 0.29) is 6.04 Å². The number of sulfonamides is 1.